The fourth-order valence-corrected chi connectivity index (χ4v) is 2.51. The molecule has 0 atom stereocenters. The van der Waals surface area contributed by atoms with Crippen molar-refractivity contribution < 1.29 is 9.18 Å². The van der Waals surface area contributed by atoms with Gasteiger partial charge in [0.2, 0.25) is 5.91 Å². The number of benzene rings is 1. The summed E-state index contributed by atoms with van der Waals surface area (Å²) in [6, 6.07) is 8.05. The number of aryl methyl sites for hydroxylation is 3. The zero-order valence-corrected chi connectivity index (χ0v) is 13.0. The number of aromatic nitrogens is 3. The lowest BCUT2D eigenvalue weighted by Crippen LogP contribution is -2.12. The molecule has 23 heavy (non-hydrogen) atoms. The number of hydrogen-bond donors (Lipinski definition) is 1. The summed E-state index contributed by atoms with van der Waals surface area (Å²) < 4.78 is 14.6. The Morgan fingerprint density at radius 1 is 1.30 bits per heavy atom. The van der Waals surface area contributed by atoms with Crippen LogP contribution >= 0.6 is 0 Å². The minimum Gasteiger partial charge on any atom is -0.325 e. The van der Waals surface area contributed by atoms with Gasteiger partial charge in [-0.1, -0.05) is 12.1 Å². The second kappa shape index (κ2) is 6.16. The lowest BCUT2D eigenvalue weighted by molar-refractivity contribution is -0.116. The summed E-state index contributed by atoms with van der Waals surface area (Å²) in [6.07, 6.45) is 2.52. The number of rotatable bonds is 4. The molecule has 0 spiro atoms. The van der Waals surface area contributed by atoms with Crippen molar-refractivity contribution in [1.82, 2.24) is 14.8 Å². The maximum absolute atomic E-state index is 12.8. The Labute approximate surface area is 133 Å². The van der Waals surface area contributed by atoms with E-state index in [0.717, 1.165) is 22.3 Å². The zero-order valence-electron chi connectivity index (χ0n) is 13.0. The first-order valence-corrected chi connectivity index (χ1v) is 7.36. The van der Waals surface area contributed by atoms with E-state index in [-0.39, 0.29) is 11.7 Å². The normalized spacial score (nSPS) is 10.9. The molecule has 0 unspecified atom stereocenters. The Bertz CT molecular complexity index is 855. The lowest BCUT2D eigenvalue weighted by atomic mass is 10.1. The van der Waals surface area contributed by atoms with Gasteiger partial charge in [0, 0.05) is 18.9 Å². The first kappa shape index (κ1) is 15.1. The van der Waals surface area contributed by atoms with Gasteiger partial charge in [0.25, 0.3) is 0 Å². The van der Waals surface area contributed by atoms with Crippen molar-refractivity contribution in [2.45, 2.75) is 19.8 Å². The molecule has 0 saturated carbocycles. The number of nitrogens with one attached hydrogen (secondary N) is 1. The highest BCUT2D eigenvalue weighted by atomic mass is 19.1. The van der Waals surface area contributed by atoms with Crippen molar-refractivity contribution in [3.63, 3.8) is 0 Å². The molecule has 2 heterocycles. The Morgan fingerprint density at radius 3 is 2.78 bits per heavy atom. The summed E-state index contributed by atoms with van der Waals surface area (Å²) in [7, 11) is 1.84. The molecule has 0 fully saturated rings. The van der Waals surface area contributed by atoms with E-state index in [4.69, 9.17) is 0 Å². The van der Waals surface area contributed by atoms with E-state index in [2.05, 4.69) is 15.4 Å². The van der Waals surface area contributed by atoms with E-state index in [9.17, 15) is 9.18 Å². The number of halogens is 1. The summed E-state index contributed by atoms with van der Waals surface area (Å²) in [5.41, 5.74) is 3.24. The van der Waals surface area contributed by atoms with Gasteiger partial charge < -0.3 is 5.32 Å². The molecule has 0 aliphatic rings. The smallest absolute Gasteiger partial charge is 0.224 e. The van der Waals surface area contributed by atoms with Crippen LogP contribution in [0.4, 0.5) is 10.1 Å². The van der Waals surface area contributed by atoms with Gasteiger partial charge in [0.05, 0.1) is 17.6 Å². The van der Waals surface area contributed by atoms with Crippen molar-refractivity contribution in [2.24, 2.45) is 7.05 Å². The molecule has 118 valence electrons. The summed E-state index contributed by atoms with van der Waals surface area (Å²) in [5, 5.41) is 8.06. The van der Waals surface area contributed by atoms with Crippen LogP contribution in [0.2, 0.25) is 0 Å². The van der Waals surface area contributed by atoms with Gasteiger partial charge in [-0.3, -0.25) is 9.48 Å². The summed E-state index contributed by atoms with van der Waals surface area (Å²) in [6.45, 7) is 1.91. The molecule has 0 saturated heterocycles. The van der Waals surface area contributed by atoms with E-state index >= 15 is 0 Å². The lowest BCUT2D eigenvalue weighted by Gasteiger charge is -2.05. The first-order chi connectivity index (χ1) is 11.0. The third kappa shape index (κ3) is 3.36. The second-order valence-electron chi connectivity index (χ2n) is 5.48. The van der Waals surface area contributed by atoms with Crippen LogP contribution in [0.25, 0.3) is 11.0 Å². The van der Waals surface area contributed by atoms with Crippen LogP contribution in [-0.4, -0.2) is 20.7 Å². The molecule has 0 aliphatic heterocycles. The third-order valence-corrected chi connectivity index (χ3v) is 3.70. The Kier molecular flexibility index (Phi) is 4.06. The standard InChI is InChI=1S/C17H17FN4O/c1-11-15-9-14(10-19-17(15)22(2)21-11)20-16(23)8-5-12-3-6-13(18)7-4-12/h3-4,6-7,9-10H,5,8H2,1-2H3,(H,20,23). The Balaban J connectivity index is 1.65. The van der Waals surface area contributed by atoms with Gasteiger partial charge in [-0.15, -0.1) is 0 Å². The van der Waals surface area contributed by atoms with Gasteiger partial charge in [0.15, 0.2) is 5.65 Å². The van der Waals surface area contributed by atoms with Gasteiger partial charge >= 0.3 is 0 Å². The number of fused-ring (bicyclic) bond motifs is 1. The number of nitrogens with zero attached hydrogens (tertiary/aromatic N) is 3. The Morgan fingerprint density at radius 2 is 2.04 bits per heavy atom. The molecule has 5 nitrogen and oxygen atoms in total. The number of amides is 1. The van der Waals surface area contributed by atoms with Crippen molar-refractivity contribution in [3.05, 3.63) is 53.6 Å². The molecule has 1 aromatic carbocycles. The molecule has 1 amide bonds. The minimum atomic E-state index is -0.274. The van der Waals surface area contributed by atoms with Crippen LogP contribution in [0, 0.1) is 12.7 Å². The number of anilines is 1. The summed E-state index contributed by atoms with van der Waals surface area (Å²) in [5.74, 6) is -0.374. The molecule has 1 N–H and O–H groups in total. The fraction of sp³-hybridized carbons (Fsp3) is 0.235. The molecule has 2 aromatic heterocycles. The number of hydrogen-bond acceptors (Lipinski definition) is 3. The van der Waals surface area contributed by atoms with E-state index in [1.807, 2.05) is 20.0 Å². The van der Waals surface area contributed by atoms with Crippen molar-refractivity contribution >= 4 is 22.6 Å². The van der Waals surface area contributed by atoms with Crippen LogP contribution in [-0.2, 0) is 18.3 Å². The molecule has 6 heteroatoms. The number of carbonyl (C=O) groups excluding carboxylic acids is 1. The number of pyridine rings is 1. The summed E-state index contributed by atoms with van der Waals surface area (Å²) in [4.78, 5) is 16.4. The first-order valence-electron chi connectivity index (χ1n) is 7.36. The molecule has 0 radical (unpaired) electrons. The average Bonchev–Trinajstić information content (AvgIpc) is 2.81. The SMILES string of the molecule is Cc1nn(C)c2ncc(NC(=O)CCc3ccc(F)cc3)cc12. The highest BCUT2D eigenvalue weighted by Gasteiger charge is 2.09. The largest absolute Gasteiger partial charge is 0.325 e. The van der Waals surface area contributed by atoms with Crippen molar-refractivity contribution in [3.8, 4) is 0 Å². The van der Waals surface area contributed by atoms with E-state index < -0.39 is 0 Å². The predicted octanol–water partition coefficient (Wildman–Crippen LogP) is 2.99. The highest BCUT2D eigenvalue weighted by Crippen LogP contribution is 2.19. The maximum Gasteiger partial charge on any atom is 0.224 e. The van der Waals surface area contributed by atoms with Crippen LogP contribution in [0.1, 0.15) is 17.7 Å². The third-order valence-electron chi connectivity index (χ3n) is 3.70. The maximum atomic E-state index is 12.8. The molecule has 0 bridgehead atoms. The molecular formula is C17H17FN4O. The topological polar surface area (TPSA) is 59.8 Å². The van der Waals surface area contributed by atoms with Crippen molar-refractivity contribution in [1.29, 1.82) is 0 Å². The second-order valence-corrected chi connectivity index (χ2v) is 5.48. The van der Waals surface area contributed by atoms with E-state index in [0.29, 0.717) is 18.5 Å². The van der Waals surface area contributed by atoms with Crippen molar-refractivity contribution in [2.75, 3.05) is 5.32 Å². The molecule has 3 aromatic rings. The fourth-order valence-electron chi connectivity index (χ4n) is 2.51. The van der Waals surface area contributed by atoms with Crippen LogP contribution in [0.3, 0.4) is 0 Å². The quantitative estimate of drug-likeness (QED) is 0.805. The van der Waals surface area contributed by atoms with E-state index in [1.54, 1.807) is 23.0 Å². The van der Waals surface area contributed by atoms with Crippen LogP contribution < -0.4 is 5.32 Å². The van der Waals surface area contributed by atoms with Gasteiger partial charge in [0.1, 0.15) is 5.82 Å². The molecule has 0 aliphatic carbocycles. The predicted molar refractivity (Wildman–Crippen MR) is 86.6 cm³/mol. The van der Waals surface area contributed by atoms with Gasteiger partial charge in [-0.2, -0.15) is 5.10 Å². The van der Waals surface area contributed by atoms with Crippen LogP contribution in [0.5, 0.6) is 0 Å². The zero-order chi connectivity index (χ0) is 16.4. The average molecular weight is 312 g/mol. The Hall–Kier alpha value is -2.76. The molecule has 3 rings (SSSR count). The number of carbonyl (C=O) groups is 1. The molecular weight excluding hydrogens is 295 g/mol. The van der Waals surface area contributed by atoms with E-state index in [1.165, 1.54) is 12.1 Å². The van der Waals surface area contributed by atoms with Gasteiger partial charge in [-0.05, 0) is 37.1 Å². The summed E-state index contributed by atoms with van der Waals surface area (Å²) >= 11 is 0. The monoisotopic (exact) mass is 312 g/mol. The highest BCUT2D eigenvalue weighted by molar-refractivity contribution is 5.93. The van der Waals surface area contributed by atoms with Gasteiger partial charge in [-0.25, -0.2) is 9.37 Å². The van der Waals surface area contributed by atoms with Crippen LogP contribution in [0.15, 0.2) is 36.5 Å². The minimum absolute atomic E-state index is 0.1000.